The molecule has 1 aliphatic carbocycles. The molecule has 0 aromatic heterocycles. The molecule has 4 nitrogen and oxygen atoms in total. The van der Waals surface area contributed by atoms with E-state index in [0.717, 1.165) is 24.9 Å². The SMILES string of the molecule is CNC(c1ccc2c(c1)CCC(=O)N2)C1(CO)CC1. The minimum absolute atomic E-state index is 0.0148. The van der Waals surface area contributed by atoms with E-state index in [4.69, 9.17) is 0 Å². The summed E-state index contributed by atoms with van der Waals surface area (Å²) in [6, 6.07) is 6.41. The molecule has 1 aliphatic heterocycles. The number of nitrogens with one attached hydrogen (secondary N) is 2. The monoisotopic (exact) mass is 260 g/mol. The molecule has 1 heterocycles. The molecule has 0 bridgehead atoms. The summed E-state index contributed by atoms with van der Waals surface area (Å²) < 4.78 is 0. The molecule has 1 saturated carbocycles. The highest BCUT2D eigenvalue weighted by Crippen LogP contribution is 2.54. The van der Waals surface area contributed by atoms with Gasteiger partial charge in [-0.2, -0.15) is 0 Å². The molecule has 1 amide bonds. The van der Waals surface area contributed by atoms with Gasteiger partial charge in [0.05, 0.1) is 6.61 Å². The van der Waals surface area contributed by atoms with Crippen molar-refractivity contribution in [2.75, 3.05) is 19.0 Å². The Morgan fingerprint density at radius 3 is 2.84 bits per heavy atom. The van der Waals surface area contributed by atoms with E-state index in [2.05, 4.69) is 22.8 Å². The van der Waals surface area contributed by atoms with Crippen LogP contribution >= 0.6 is 0 Å². The van der Waals surface area contributed by atoms with Gasteiger partial charge in [-0.15, -0.1) is 0 Å². The maximum Gasteiger partial charge on any atom is 0.224 e. The first-order valence-corrected chi connectivity index (χ1v) is 6.89. The van der Waals surface area contributed by atoms with Crippen molar-refractivity contribution in [3.05, 3.63) is 29.3 Å². The molecule has 4 heteroatoms. The number of rotatable bonds is 4. The van der Waals surface area contributed by atoms with Crippen LogP contribution in [0.1, 0.15) is 36.4 Å². The van der Waals surface area contributed by atoms with E-state index < -0.39 is 0 Å². The van der Waals surface area contributed by atoms with Crippen molar-refractivity contribution >= 4 is 11.6 Å². The van der Waals surface area contributed by atoms with E-state index in [1.165, 1.54) is 11.1 Å². The van der Waals surface area contributed by atoms with Crippen LogP contribution in [0.2, 0.25) is 0 Å². The molecular weight excluding hydrogens is 240 g/mol. The van der Waals surface area contributed by atoms with Gasteiger partial charge in [0.15, 0.2) is 0 Å². The summed E-state index contributed by atoms with van der Waals surface area (Å²) in [4.78, 5) is 11.4. The van der Waals surface area contributed by atoms with Gasteiger partial charge in [0.25, 0.3) is 0 Å². The molecule has 102 valence electrons. The molecule has 1 aromatic carbocycles. The Balaban J connectivity index is 1.91. The van der Waals surface area contributed by atoms with Gasteiger partial charge < -0.3 is 15.7 Å². The number of hydrogen-bond donors (Lipinski definition) is 3. The molecule has 1 fully saturated rings. The second kappa shape index (κ2) is 4.62. The van der Waals surface area contributed by atoms with Crippen LogP contribution in [-0.2, 0) is 11.2 Å². The van der Waals surface area contributed by atoms with E-state index in [9.17, 15) is 9.90 Å². The summed E-state index contributed by atoms with van der Waals surface area (Å²) >= 11 is 0. The number of benzene rings is 1. The molecule has 0 radical (unpaired) electrons. The van der Waals surface area contributed by atoms with Crippen molar-refractivity contribution in [2.24, 2.45) is 5.41 Å². The lowest BCUT2D eigenvalue weighted by atomic mass is 9.88. The van der Waals surface area contributed by atoms with Crippen LogP contribution in [0, 0.1) is 5.41 Å². The van der Waals surface area contributed by atoms with Gasteiger partial charge in [-0.25, -0.2) is 0 Å². The fourth-order valence-electron chi connectivity index (χ4n) is 3.11. The standard InChI is InChI=1S/C15H20N2O2/c1-16-14(15(9-18)6-7-15)11-2-4-12-10(8-11)3-5-13(19)17-12/h2,4,8,14,16,18H,3,5-7,9H2,1H3,(H,17,19). The molecular formula is C15H20N2O2. The maximum absolute atomic E-state index is 11.4. The van der Waals surface area contributed by atoms with E-state index in [1.807, 2.05) is 13.1 Å². The van der Waals surface area contributed by atoms with Crippen molar-refractivity contribution in [1.29, 1.82) is 0 Å². The zero-order valence-electron chi connectivity index (χ0n) is 11.2. The number of amides is 1. The van der Waals surface area contributed by atoms with Crippen LogP contribution in [-0.4, -0.2) is 24.7 Å². The Kier molecular flexibility index (Phi) is 3.07. The summed E-state index contributed by atoms with van der Waals surface area (Å²) in [5.74, 6) is 0.0967. The predicted molar refractivity (Wildman–Crippen MR) is 73.9 cm³/mol. The Morgan fingerprint density at radius 1 is 1.42 bits per heavy atom. The predicted octanol–water partition coefficient (Wildman–Crippen LogP) is 1.60. The third-order valence-electron chi connectivity index (χ3n) is 4.47. The van der Waals surface area contributed by atoms with Gasteiger partial charge >= 0.3 is 0 Å². The normalized spacial score (nSPS) is 21.5. The quantitative estimate of drug-likeness (QED) is 0.770. The van der Waals surface area contributed by atoms with Gasteiger partial charge in [0, 0.05) is 23.6 Å². The maximum atomic E-state index is 11.4. The molecule has 1 atom stereocenters. The number of aliphatic hydroxyl groups is 1. The number of hydrogen-bond acceptors (Lipinski definition) is 3. The average molecular weight is 260 g/mol. The van der Waals surface area contributed by atoms with Gasteiger partial charge in [-0.05, 0) is 43.5 Å². The van der Waals surface area contributed by atoms with Gasteiger partial charge in [0.1, 0.15) is 0 Å². The molecule has 3 rings (SSSR count). The number of anilines is 1. The molecule has 0 saturated heterocycles. The van der Waals surface area contributed by atoms with Gasteiger partial charge in [-0.3, -0.25) is 4.79 Å². The topological polar surface area (TPSA) is 61.4 Å². The van der Waals surface area contributed by atoms with Crippen molar-refractivity contribution in [1.82, 2.24) is 5.32 Å². The number of carbonyl (C=O) groups is 1. The summed E-state index contributed by atoms with van der Waals surface area (Å²) in [5.41, 5.74) is 3.36. The van der Waals surface area contributed by atoms with Crippen LogP contribution in [0.3, 0.4) is 0 Å². The summed E-state index contributed by atoms with van der Waals surface area (Å²) in [5, 5.41) is 15.8. The third kappa shape index (κ3) is 2.15. The number of carbonyl (C=O) groups excluding carboxylic acids is 1. The second-order valence-corrected chi connectivity index (χ2v) is 5.71. The summed E-state index contributed by atoms with van der Waals surface area (Å²) in [6.07, 6.45) is 3.51. The Bertz CT molecular complexity index is 509. The number of aliphatic hydroxyl groups excluding tert-OH is 1. The van der Waals surface area contributed by atoms with Crippen molar-refractivity contribution in [3.8, 4) is 0 Å². The fourth-order valence-corrected chi connectivity index (χ4v) is 3.11. The van der Waals surface area contributed by atoms with Crippen molar-refractivity contribution in [3.63, 3.8) is 0 Å². The molecule has 2 aliphatic rings. The molecule has 0 spiro atoms. The minimum atomic E-state index is 0.0148. The summed E-state index contributed by atoms with van der Waals surface area (Å²) in [7, 11) is 1.95. The van der Waals surface area contributed by atoms with Crippen LogP contribution in [0.4, 0.5) is 5.69 Å². The Morgan fingerprint density at radius 2 is 2.21 bits per heavy atom. The zero-order chi connectivity index (χ0) is 13.5. The van der Waals surface area contributed by atoms with Crippen LogP contribution in [0.5, 0.6) is 0 Å². The van der Waals surface area contributed by atoms with E-state index >= 15 is 0 Å². The average Bonchev–Trinajstić information content (AvgIpc) is 3.21. The first-order valence-electron chi connectivity index (χ1n) is 6.89. The van der Waals surface area contributed by atoms with Crippen LogP contribution in [0.15, 0.2) is 18.2 Å². The largest absolute Gasteiger partial charge is 0.396 e. The van der Waals surface area contributed by atoms with Crippen LogP contribution < -0.4 is 10.6 Å². The second-order valence-electron chi connectivity index (χ2n) is 5.71. The van der Waals surface area contributed by atoms with Gasteiger partial charge in [-0.1, -0.05) is 12.1 Å². The zero-order valence-corrected chi connectivity index (χ0v) is 11.2. The van der Waals surface area contributed by atoms with E-state index in [1.54, 1.807) is 0 Å². The van der Waals surface area contributed by atoms with Crippen molar-refractivity contribution < 1.29 is 9.90 Å². The summed E-state index contributed by atoms with van der Waals surface area (Å²) in [6.45, 7) is 0.228. The highest BCUT2D eigenvalue weighted by Gasteiger charge is 2.49. The minimum Gasteiger partial charge on any atom is -0.396 e. The lowest BCUT2D eigenvalue weighted by Crippen LogP contribution is -2.29. The molecule has 3 N–H and O–H groups in total. The van der Waals surface area contributed by atoms with Crippen LogP contribution in [0.25, 0.3) is 0 Å². The third-order valence-corrected chi connectivity index (χ3v) is 4.47. The molecule has 19 heavy (non-hydrogen) atoms. The fraction of sp³-hybridized carbons (Fsp3) is 0.533. The number of fused-ring (bicyclic) bond motifs is 1. The van der Waals surface area contributed by atoms with E-state index in [-0.39, 0.29) is 24.0 Å². The molecule has 1 aromatic rings. The highest BCUT2D eigenvalue weighted by molar-refractivity contribution is 5.93. The first-order chi connectivity index (χ1) is 9.18. The highest BCUT2D eigenvalue weighted by atomic mass is 16.3. The van der Waals surface area contributed by atoms with Crippen molar-refractivity contribution in [2.45, 2.75) is 31.7 Å². The lowest BCUT2D eigenvalue weighted by Gasteiger charge is -2.27. The Hall–Kier alpha value is -1.39. The first kappa shape index (κ1) is 12.6. The van der Waals surface area contributed by atoms with E-state index in [0.29, 0.717) is 6.42 Å². The molecule has 1 unspecified atom stereocenters. The smallest absolute Gasteiger partial charge is 0.224 e. The number of aryl methyl sites for hydroxylation is 1. The Labute approximate surface area is 113 Å². The lowest BCUT2D eigenvalue weighted by molar-refractivity contribution is -0.116. The van der Waals surface area contributed by atoms with Gasteiger partial charge in [0.2, 0.25) is 5.91 Å².